The molecular weight excluding hydrogens is 339 g/mol. The first-order chi connectivity index (χ1) is 12.7. The Morgan fingerprint density at radius 3 is 3.04 bits per heavy atom. The van der Waals surface area contributed by atoms with E-state index in [9.17, 15) is 9.18 Å². The van der Waals surface area contributed by atoms with Crippen molar-refractivity contribution in [2.75, 3.05) is 13.7 Å². The van der Waals surface area contributed by atoms with Crippen LogP contribution in [0.4, 0.5) is 9.18 Å². The zero-order valence-electron chi connectivity index (χ0n) is 13.9. The van der Waals surface area contributed by atoms with Gasteiger partial charge in [-0.15, -0.1) is 0 Å². The molecule has 8 nitrogen and oxygen atoms in total. The van der Waals surface area contributed by atoms with Gasteiger partial charge in [-0.25, -0.2) is 24.1 Å². The van der Waals surface area contributed by atoms with E-state index in [0.29, 0.717) is 24.1 Å². The minimum absolute atomic E-state index is 0.379. The number of nitrogens with one attached hydrogen (secondary N) is 2. The van der Waals surface area contributed by atoms with E-state index in [-0.39, 0.29) is 0 Å². The molecule has 0 saturated carbocycles. The number of halogens is 1. The van der Waals surface area contributed by atoms with E-state index in [1.165, 1.54) is 25.7 Å². The number of hydrogen-bond acceptors (Lipinski definition) is 5. The fourth-order valence-corrected chi connectivity index (χ4v) is 2.96. The fourth-order valence-electron chi connectivity index (χ4n) is 2.96. The molecule has 0 spiro atoms. The first kappa shape index (κ1) is 16.0. The number of rotatable bonds is 4. The lowest BCUT2D eigenvalue weighted by Crippen LogP contribution is -2.26. The summed E-state index contributed by atoms with van der Waals surface area (Å²) >= 11 is 0. The Balaban J connectivity index is 1.77. The Morgan fingerprint density at radius 2 is 2.19 bits per heavy atom. The Hall–Kier alpha value is -3.49. The third kappa shape index (κ3) is 2.73. The SMILES string of the molecule is COC(=O)NCCn1cc(-c2c[nH]c3ncc(F)cc23)c2cncnc21. The summed E-state index contributed by atoms with van der Waals surface area (Å²) in [5, 5.41) is 4.15. The van der Waals surface area contributed by atoms with Crippen LogP contribution < -0.4 is 5.32 Å². The highest BCUT2D eigenvalue weighted by Crippen LogP contribution is 2.34. The van der Waals surface area contributed by atoms with Crippen LogP contribution in [-0.2, 0) is 11.3 Å². The van der Waals surface area contributed by atoms with Crippen LogP contribution in [0.3, 0.4) is 0 Å². The molecule has 0 aliphatic rings. The summed E-state index contributed by atoms with van der Waals surface area (Å²) in [6, 6.07) is 1.44. The van der Waals surface area contributed by atoms with E-state index >= 15 is 0 Å². The number of H-pyrrole nitrogens is 1. The number of fused-ring (bicyclic) bond motifs is 2. The number of amides is 1. The molecular formula is C17H15FN6O2. The van der Waals surface area contributed by atoms with Gasteiger partial charge in [0.1, 0.15) is 23.4 Å². The number of aromatic amines is 1. The van der Waals surface area contributed by atoms with Gasteiger partial charge in [-0.05, 0) is 6.07 Å². The normalized spacial score (nSPS) is 11.2. The molecule has 0 aliphatic carbocycles. The van der Waals surface area contributed by atoms with Crippen LogP contribution in [0.25, 0.3) is 33.2 Å². The zero-order chi connectivity index (χ0) is 18.1. The van der Waals surface area contributed by atoms with Gasteiger partial charge < -0.3 is 19.6 Å². The molecule has 0 fully saturated rings. The third-order valence-electron chi connectivity index (χ3n) is 4.13. The topological polar surface area (TPSA) is 97.7 Å². The van der Waals surface area contributed by atoms with E-state index < -0.39 is 11.9 Å². The average molecular weight is 354 g/mol. The number of alkyl carbamates (subject to hydrolysis) is 1. The third-order valence-corrected chi connectivity index (χ3v) is 4.13. The molecule has 2 N–H and O–H groups in total. The predicted octanol–water partition coefficient (Wildman–Crippen LogP) is 2.47. The first-order valence-electron chi connectivity index (χ1n) is 7.91. The number of aromatic nitrogens is 5. The first-order valence-corrected chi connectivity index (χ1v) is 7.91. The number of carbonyl (C=O) groups is 1. The number of ether oxygens (including phenoxy) is 1. The molecule has 9 heteroatoms. The second-order valence-electron chi connectivity index (χ2n) is 5.67. The van der Waals surface area contributed by atoms with E-state index in [1.54, 1.807) is 12.4 Å². The highest BCUT2D eigenvalue weighted by molar-refractivity contribution is 6.02. The minimum atomic E-state index is -0.491. The summed E-state index contributed by atoms with van der Waals surface area (Å²) in [5.41, 5.74) is 3.00. The molecule has 0 saturated heterocycles. The Bertz CT molecular complexity index is 1100. The van der Waals surface area contributed by atoms with Crippen molar-refractivity contribution in [3.63, 3.8) is 0 Å². The maximum atomic E-state index is 13.6. The standard InChI is InChI=1S/C17H15FN6O2/c1-26-17(25)20-2-3-24-8-14(13-6-19-9-23-16(13)24)12-7-22-15-11(12)4-10(18)5-21-15/h4-9H,2-3H2,1H3,(H,20,25)(H,21,22). The number of methoxy groups -OCH3 is 1. The van der Waals surface area contributed by atoms with Gasteiger partial charge in [0.15, 0.2) is 0 Å². The summed E-state index contributed by atoms with van der Waals surface area (Å²) in [6.07, 6.45) is 7.56. The van der Waals surface area contributed by atoms with Crippen LogP contribution >= 0.6 is 0 Å². The second kappa shape index (κ2) is 6.43. The summed E-state index contributed by atoms with van der Waals surface area (Å²) in [7, 11) is 1.32. The van der Waals surface area contributed by atoms with Crippen LogP contribution in [0.1, 0.15) is 0 Å². The van der Waals surface area contributed by atoms with Crippen LogP contribution in [0, 0.1) is 5.82 Å². The van der Waals surface area contributed by atoms with Gasteiger partial charge in [0, 0.05) is 53.6 Å². The van der Waals surface area contributed by atoms with Gasteiger partial charge in [0.05, 0.1) is 13.3 Å². The highest BCUT2D eigenvalue weighted by atomic mass is 19.1. The molecule has 4 rings (SSSR count). The largest absolute Gasteiger partial charge is 0.453 e. The van der Waals surface area contributed by atoms with Crippen molar-refractivity contribution in [1.82, 2.24) is 29.8 Å². The Labute approximate surface area is 147 Å². The van der Waals surface area contributed by atoms with E-state index in [1.807, 2.05) is 10.8 Å². The molecule has 26 heavy (non-hydrogen) atoms. The molecule has 0 unspecified atom stereocenters. The fraction of sp³-hybridized carbons (Fsp3) is 0.176. The van der Waals surface area contributed by atoms with Gasteiger partial charge in [-0.3, -0.25) is 0 Å². The molecule has 132 valence electrons. The quantitative estimate of drug-likeness (QED) is 0.587. The van der Waals surface area contributed by atoms with Crippen molar-refractivity contribution in [3.8, 4) is 11.1 Å². The average Bonchev–Trinajstić information content (AvgIpc) is 3.22. The van der Waals surface area contributed by atoms with Gasteiger partial charge in [0.2, 0.25) is 0 Å². The molecule has 4 heterocycles. The molecule has 4 aromatic rings. The van der Waals surface area contributed by atoms with Gasteiger partial charge >= 0.3 is 6.09 Å². The lowest BCUT2D eigenvalue weighted by atomic mass is 10.1. The van der Waals surface area contributed by atoms with Crippen molar-refractivity contribution in [3.05, 3.63) is 43.0 Å². The van der Waals surface area contributed by atoms with E-state index in [2.05, 4.69) is 30.0 Å². The summed E-state index contributed by atoms with van der Waals surface area (Å²) in [5.74, 6) is -0.402. The van der Waals surface area contributed by atoms with Crippen LogP contribution in [0.2, 0.25) is 0 Å². The van der Waals surface area contributed by atoms with E-state index in [4.69, 9.17) is 0 Å². The van der Waals surface area contributed by atoms with E-state index in [0.717, 1.165) is 22.2 Å². The lowest BCUT2D eigenvalue weighted by Gasteiger charge is -2.05. The summed E-state index contributed by atoms with van der Waals surface area (Å²) < 4.78 is 20.1. The molecule has 1 amide bonds. The summed E-state index contributed by atoms with van der Waals surface area (Å²) in [6.45, 7) is 0.877. The van der Waals surface area contributed by atoms with Crippen LogP contribution in [0.5, 0.6) is 0 Å². The van der Waals surface area contributed by atoms with Crippen molar-refractivity contribution >= 4 is 28.2 Å². The summed E-state index contributed by atoms with van der Waals surface area (Å²) in [4.78, 5) is 26.8. The number of nitrogens with zero attached hydrogens (tertiary/aromatic N) is 4. The van der Waals surface area contributed by atoms with Crippen LogP contribution in [0.15, 0.2) is 37.2 Å². The molecule has 4 aromatic heterocycles. The van der Waals surface area contributed by atoms with Gasteiger partial charge in [0.25, 0.3) is 0 Å². The lowest BCUT2D eigenvalue weighted by molar-refractivity contribution is 0.170. The monoisotopic (exact) mass is 354 g/mol. The number of pyridine rings is 1. The minimum Gasteiger partial charge on any atom is -0.453 e. The van der Waals surface area contributed by atoms with Gasteiger partial charge in [-0.2, -0.15) is 0 Å². The van der Waals surface area contributed by atoms with Crippen molar-refractivity contribution in [2.24, 2.45) is 0 Å². The number of hydrogen-bond donors (Lipinski definition) is 2. The van der Waals surface area contributed by atoms with Crippen LogP contribution in [-0.4, -0.2) is 44.3 Å². The molecule has 0 atom stereocenters. The maximum absolute atomic E-state index is 13.6. The van der Waals surface area contributed by atoms with Gasteiger partial charge in [-0.1, -0.05) is 0 Å². The molecule has 0 radical (unpaired) electrons. The Morgan fingerprint density at radius 1 is 1.31 bits per heavy atom. The van der Waals surface area contributed by atoms with Crippen molar-refractivity contribution in [2.45, 2.75) is 6.54 Å². The molecule has 0 aliphatic heterocycles. The maximum Gasteiger partial charge on any atom is 0.406 e. The number of carbonyl (C=O) groups excluding carboxylic acids is 1. The zero-order valence-corrected chi connectivity index (χ0v) is 13.9. The second-order valence-corrected chi connectivity index (χ2v) is 5.67. The highest BCUT2D eigenvalue weighted by Gasteiger charge is 2.16. The molecule has 0 bridgehead atoms. The van der Waals surface area contributed by atoms with Crippen molar-refractivity contribution in [1.29, 1.82) is 0 Å². The Kier molecular flexibility index (Phi) is 3.96. The van der Waals surface area contributed by atoms with Crippen molar-refractivity contribution < 1.29 is 13.9 Å². The smallest absolute Gasteiger partial charge is 0.406 e. The molecule has 0 aromatic carbocycles. The predicted molar refractivity (Wildman–Crippen MR) is 93.0 cm³/mol.